The minimum atomic E-state index is 0.514. The summed E-state index contributed by atoms with van der Waals surface area (Å²) in [5.74, 6) is 1.65. The lowest BCUT2D eigenvalue weighted by atomic mass is 9.95. The summed E-state index contributed by atoms with van der Waals surface area (Å²) in [6, 6.07) is 77.3. The van der Waals surface area contributed by atoms with Crippen LogP contribution in [0.3, 0.4) is 0 Å². The Labute approximate surface area is 410 Å². The second kappa shape index (κ2) is 15.5. The largest absolute Gasteiger partial charge is 0.456 e. The molecule has 0 saturated carbocycles. The average Bonchev–Trinajstić information content (AvgIpc) is 4.19. The fourth-order valence-electron chi connectivity index (χ4n) is 11.0. The first-order valence-corrected chi connectivity index (χ1v) is 23.9. The van der Waals surface area contributed by atoms with Crippen molar-refractivity contribution < 1.29 is 8.83 Å². The molecule has 0 amide bonds. The van der Waals surface area contributed by atoms with Gasteiger partial charge in [-0.15, -0.1) is 0 Å². The molecule has 0 bridgehead atoms. The first-order valence-electron chi connectivity index (χ1n) is 23.9. The van der Waals surface area contributed by atoms with E-state index in [4.69, 9.17) is 23.8 Å². The number of nitriles is 1. The standard InChI is InChI=1S/C64H36N6O2/c65-37-41-20-15-25-46(61(41)70-53-27-12-8-22-43(53)49-34-51-45-24-10-14-29-58(45)72-60(51)36-56(49)70)47-32-40(64-67-62(38-16-3-1-4-17-38)66-63(68-64)39-18-5-2-6-19-39)30-31-54(47)69-52-26-11-7-21-42(52)48-33-50-44-23-9-13-28-57(44)71-59(50)35-55(48)69/h1-36H. The lowest BCUT2D eigenvalue weighted by Gasteiger charge is -2.20. The van der Waals surface area contributed by atoms with Crippen molar-refractivity contribution in [2.24, 2.45) is 0 Å². The molecular formula is C64H36N6O2. The van der Waals surface area contributed by atoms with Gasteiger partial charge in [-0.3, -0.25) is 0 Å². The first kappa shape index (κ1) is 39.9. The molecule has 15 rings (SSSR count). The summed E-state index contributed by atoms with van der Waals surface area (Å²) < 4.78 is 17.7. The normalized spacial score (nSPS) is 11.9. The number of para-hydroxylation sites is 5. The molecule has 0 aliphatic rings. The summed E-state index contributed by atoms with van der Waals surface area (Å²) in [4.78, 5) is 15.4. The number of rotatable bonds is 6. The van der Waals surface area contributed by atoms with E-state index in [1.165, 1.54) is 0 Å². The Balaban J connectivity index is 1.06. The zero-order valence-corrected chi connectivity index (χ0v) is 38.3. The maximum absolute atomic E-state index is 11.3. The highest BCUT2D eigenvalue weighted by Crippen LogP contribution is 2.46. The molecule has 0 fully saturated rings. The molecule has 0 saturated heterocycles. The number of benzene rings is 10. The van der Waals surface area contributed by atoms with Crippen LogP contribution >= 0.6 is 0 Å². The van der Waals surface area contributed by atoms with Crippen LogP contribution in [0, 0.1) is 11.3 Å². The van der Waals surface area contributed by atoms with Crippen molar-refractivity contribution in [3.05, 3.63) is 224 Å². The van der Waals surface area contributed by atoms with Gasteiger partial charge in [0.1, 0.15) is 28.4 Å². The lowest BCUT2D eigenvalue weighted by Crippen LogP contribution is -2.05. The van der Waals surface area contributed by atoms with E-state index in [-0.39, 0.29) is 0 Å². The Morgan fingerprint density at radius 1 is 0.333 bits per heavy atom. The van der Waals surface area contributed by atoms with E-state index in [0.717, 1.165) is 127 Å². The number of nitrogens with zero attached hydrogens (tertiary/aromatic N) is 6. The van der Waals surface area contributed by atoms with Crippen molar-refractivity contribution in [2.75, 3.05) is 0 Å². The van der Waals surface area contributed by atoms with Crippen molar-refractivity contribution in [3.63, 3.8) is 0 Å². The molecule has 10 aromatic carbocycles. The van der Waals surface area contributed by atoms with Crippen molar-refractivity contribution in [1.29, 1.82) is 5.26 Å². The van der Waals surface area contributed by atoms with Crippen LogP contribution in [-0.2, 0) is 0 Å². The summed E-state index contributed by atoms with van der Waals surface area (Å²) >= 11 is 0. The van der Waals surface area contributed by atoms with Gasteiger partial charge in [-0.25, -0.2) is 15.0 Å². The topological polar surface area (TPSA) is 98.6 Å². The van der Waals surface area contributed by atoms with Crippen molar-refractivity contribution in [1.82, 2.24) is 24.1 Å². The van der Waals surface area contributed by atoms with Gasteiger partial charge < -0.3 is 18.0 Å². The number of furan rings is 2. The zero-order chi connectivity index (χ0) is 47.4. The molecule has 8 heteroatoms. The molecule has 0 aliphatic carbocycles. The van der Waals surface area contributed by atoms with Crippen molar-refractivity contribution >= 4 is 87.5 Å². The van der Waals surface area contributed by atoms with Gasteiger partial charge in [-0.2, -0.15) is 5.26 Å². The average molecular weight is 921 g/mol. The Hall–Kier alpha value is -10.1. The SMILES string of the molecule is N#Cc1cccc(-c2cc(-c3nc(-c4ccccc4)nc(-c4ccccc4)n3)ccc2-n2c3ccccc3c3cc4c(cc32)oc2ccccc24)c1-n1c2ccccc2c2cc3c(cc21)oc1ccccc13. The molecule has 0 atom stereocenters. The molecule has 5 aromatic heterocycles. The maximum Gasteiger partial charge on any atom is 0.164 e. The second-order valence-electron chi connectivity index (χ2n) is 18.2. The van der Waals surface area contributed by atoms with Crippen LogP contribution in [0.25, 0.3) is 144 Å². The molecule has 0 radical (unpaired) electrons. The van der Waals surface area contributed by atoms with E-state index in [9.17, 15) is 5.26 Å². The van der Waals surface area contributed by atoms with Gasteiger partial charge in [0.15, 0.2) is 17.5 Å². The first-order chi connectivity index (χ1) is 35.6. The van der Waals surface area contributed by atoms with Gasteiger partial charge in [-0.1, -0.05) is 146 Å². The van der Waals surface area contributed by atoms with Crippen LogP contribution in [0.1, 0.15) is 5.56 Å². The van der Waals surface area contributed by atoms with Crippen LogP contribution in [0.2, 0.25) is 0 Å². The van der Waals surface area contributed by atoms with E-state index < -0.39 is 0 Å². The highest BCUT2D eigenvalue weighted by molar-refractivity contribution is 6.19. The maximum atomic E-state index is 11.3. The lowest BCUT2D eigenvalue weighted by molar-refractivity contribution is 0.669. The minimum Gasteiger partial charge on any atom is -0.456 e. The van der Waals surface area contributed by atoms with Gasteiger partial charge in [0.2, 0.25) is 0 Å². The van der Waals surface area contributed by atoms with Crippen molar-refractivity contribution in [3.8, 4) is 62.7 Å². The van der Waals surface area contributed by atoms with Crippen LogP contribution in [0.4, 0.5) is 0 Å². The van der Waals surface area contributed by atoms with Gasteiger partial charge in [0.25, 0.3) is 0 Å². The van der Waals surface area contributed by atoms with E-state index >= 15 is 0 Å². The molecule has 72 heavy (non-hydrogen) atoms. The Morgan fingerprint density at radius 2 is 0.819 bits per heavy atom. The number of hydrogen-bond donors (Lipinski definition) is 0. The summed E-state index contributed by atoms with van der Waals surface area (Å²) in [6.45, 7) is 0. The van der Waals surface area contributed by atoms with E-state index in [2.05, 4.69) is 130 Å². The molecule has 15 aromatic rings. The highest BCUT2D eigenvalue weighted by atomic mass is 16.3. The molecule has 0 unspecified atom stereocenters. The summed E-state index contributed by atoms with van der Waals surface area (Å²) in [5, 5.41) is 19.8. The number of hydrogen-bond acceptors (Lipinski definition) is 6. The summed E-state index contributed by atoms with van der Waals surface area (Å²) in [6.07, 6.45) is 0. The molecule has 5 heterocycles. The summed E-state index contributed by atoms with van der Waals surface area (Å²) in [5.41, 5.74) is 13.5. The van der Waals surface area contributed by atoms with Crippen LogP contribution < -0.4 is 0 Å². The third-order valence-electron chi connectivity index (χ3n) is 14.2. The fourth-order valence-corrected chi connectivity index (χ4v) is 11.0. The smallest absolute Gasteiger partial charge is 0.164 e. The van der Waals surface area contributed by atoms with Crippen molar-refractivity contribution in [2.45, 2.75) is 0 Å². The third-order valence-corrected chi connectivity index (χ3v) is 14.2. The third kappa shape index (κ3) is 5.95. The van der Waals surface area contributed by atoms with Gasteiger partial charge in [-0.05, 0) is 60.7 Å². The molecule has 0 N–H and O–H groups in total. The van der Waals surface area contributed by atoms with E-state index in [1.807, 2.05) is 103 Å². The second-order valence-corrected chi connectivity index (χ2v) is 18.2. The van der Waals surface area contributed by atoms with Crippen LogP contribution in [0.15, 0.2) is 227 Å². The Bertz CT molecular complexity index is 4710. The van der Waals surface area contributed by atoms with Gasteiger partial charge in [0, 0.05) is 83.0 Å². The Kier molecular flexibility index (Phi) is 8.55. The number of fused-ring (bicyclic) bond motifs is 12. The zero-order valence-electron chi connectivity index (χ0n) is 38.3. The molecule has 0 aliphatic heterocycles. The number of aromatic nitrogens is 5. The molecule has 8 nitrogen and oxygen atoms in total. The molecule has 334 valence electrons. The van der Waals surface area contributed by atoms with E-state index in [0.29, 0.717) is 23.0 Å². The van der Waals surface area contributed by atoms with E-state index in [1.54, 1.807) is 0 Å². The van der Waals surface area contributed by atoms with Gasteiger partial charge >= 0.3 is 0 Å². The molecular weight excluding hydrogens is 885 g/mol. The molecule has 0 spiro atoms. The highest BCUT2D eigenvalue weighted by Gasteiger charge is 2.25. The van der Waals surface area contributed by atoms with Crippen LogP contribution in [0.5, 0.6) is 0 Å². The fraction of sp³-hybridized carbons (Fsp3) is 0. The predicted molar refractivity (Wildman–Crippen MR) is 290 cm³/mol. The van der Waals surface area contributed by atoms with Crippen LogP contribution in [-0.4, -0.2) is 24.1 Å². The predicted octanol–water partition coefficient (Wildman–Crippen LogP) is 16.4. The monoisotopic (exact) mass is 920 g/mol. The Morgan fingerprint density at radius 3 is 1.39 bits per heavy atom. The van der Waals surface area contributed by atoms with Gasteiger partial charge in [0.05, 0.1) is 39.0 Å². The minimum absolute atomic E-state index is 0.514. The summed E-state index contributed by atoms with van der Waals surface area (Å²) in [7, 11) is 0. The quantitative estimate of drug-likeness (QED) is 0.165.